The number of carbonyl (C=O) groups excluding carboxylic acids is 1. The zero-order valence-corrected chi connectivity index (χ0v) is 16.9. The quantitative estimate of drug-likeness (QED) is 0.708. The molecule has 0 aliphatic carbocycles. The van der Waals surface area contributed by atoms with Crippen LogP contribution in [0.3, 0.4) is 0 Å². The number of carbonyl (C=O) groups is 1. The molecule has 1 unspecified atom stereocenters. The lowest BCUT2D eigenvalue weighted by Gasteiger charge is -2.13. The molecule has 1 aliphatic rings. The van der Waals surface area contributed by atoms with Gasteiger partial charge in [0.05, 0.1) is 10.6 Å². The van der Waals surface area contributed by atoms with E-state index < -0.39 is 10.0 Å². The first-order valence-electron chi connectivity index (χ1n) is 8.57. The minimum atomic E-state index is -3.71. The fourth-order valence-electron chi connectivity index (χ4n) is 2.90. The maximum absolute atomic E-state index is 12.6. The van der Waals surface area contributed by atoms with Crippen LogP contribution in [0.4, 0.5) is 5.69 Å². The van der Waals surface area contributed by atoms with Gasteiger partial charge in [-0.25, -0.2) is 8.42 Å². The molecule has 1 aliphatic heterocycles. The van der Waals surface area contributed by atoms with Gasteiger partial charge >= 0.3 is 0 Å². The number of benzene rings is 2. The van der Waals surface area contributed by atoms with Crippen molar-refractivity contribution >= 4 is 34.0 Å². The molecule has 1 saturated heterocycles. The number of hydrogen-bond donors (Lipinski definition) is 3. The summed E-state index contributed by atoms with van der Waals surface area (Å²) >= 11 is 0. The van der Waals surface area contributed by atoms with Crippen molar-refractivity contribution in [1.29, 1.82) is 0 Å². The molecule has 6 nitrogen and oxygen atoms in total. The monoisotopic (exact) mass is 409 g/mol. The van der Waals surface area contributed by atoms with Gasteiger partial charge in [0, 0.05) is 18.2 Å². The first-order valence-corrected chi connectivity index (χ1v) is 10.1. The van der Waals surface area contributed by atoms with Crippen LogP contribution in [-0.2, 0) is 10.0 Å². The van der Waals surface area contributed by atoms with Crippen LogP contribution in [0.1, 0.15) is 27.9 Å². The lowest BCUT2D eigenvalue weighted by atomic mass is 10.1. The van der Waals surface area contributed by atoms with E-state index in [1.165, 1.54) is 24.3 Å². The number of amides is 1. The molecule has 0 radical (unpaired) electrons. The van der Waals surface area contributed by atoms with Crippen LogP contribution in [0, 0.1) is 13.8 Å². The van der Waals surface area contributed by atoms with Gasteiger partial charge in [-0.05, 0) is 68.3 Å². The van der Waals surface area contributed by atoms with Gasteiger partial charge in [0.25, 0.3) is 15.9 Å². The Morgan fingerprint density at radius 2 is 1.81 bits per heavy atom. The van der Waals surface area contributed by atoms with Gasteiger partial charge in [0.2, 0.25) is 0 Å². The van der Waals surface area contributed by atoms with Crippen molar-refractivity contribution in [3.05, 3.63) is 59.2 Å². The minimum Gasteiger partial charge on any atom is -0.348 e. The fraction of sp³-hybridized carbons (Fsp3) is 0.316. The molecule has 2 aromatic carbocycles. The number of sulfonamides is 1. The van der Waals surface area contributed by atoms with Gasteiger partial charge in [-0.2, -0.15) is 0 Å². The van der Waals surface area contributed by atoms with E-state index in [2.05, 4.69) is 15.4 Å². The second kappa shape index (κ2) is 8.73. The van der Waals surface area contributed by atoms with E-state index in [1.807, 2.05) is 26.0 Å². The highest BCUT2D eigenvalue weighted by atomic mass is 35.5. The van der Waals surface area contributed by atoms with Gasteiger partial charge in [-0.15, -0.1) is 12.4 Å². The predicted octanol–water partition coefficient (Wildman–Crippen LogP) is 2.62. The minimum absolute atomic E-state index is 0. The fourth-order valence-corrected chi connectivity index (χ4v) is 4.02. The molecule has 146 valence electrons. The lowest BCUT2D eigenvalue weighted by Crippen LogP contribution is -2.36. The van der Waals surface area contributed by atoms with Crippen molar-refractivity contribution in [2.45, 2.75) is 31.2 Å². The smallest absolute Gasteiger partial charge is 0.261 e. The Balaban J connectivity index is 0.00000261. The summed E-state index contributed by atoms with van der Waals surface area (Å²) in [6.07, 6.45) is 0.901. The number of hydrogen-bond acceptors (Lipinski definition) is 4. The number of aryl methyl sites for hydroxylation is 1. The number of halogens is 1. The van der Waals surface area contributed by atoms with Gasteiger partial charge in [-0.1, -0.05) is 12.1 Å². The van der Waals surface area contributed by atoms with Crippen molar-refractivity contribution < 1.29 is 13.2 Å². The van der Waals surface area contributed by atoms with Crippen LogP contribution in [0.25, 0.3) is 0 Å². The molecule has 0 bridgehead atoms. The van der Waals surface area contributed by atoms with Crippen molar-refractivity contribution in [3.8, 4) is 0 Å². The summed E-state index contributed by atoms with van der Waals surface area (Å²) in [5.41, 5.74) is 2.90. The van der Waals surface area contributed by atoms with Crippen molar-refractivity contribution in [2.24, 2.45) is 0 Å². The third-order valence-electron chi connectivity index (χ3n) is 4.67. The third-order valence-corrected chi connectivity index (χ3v) is 6.05. The second-order valence-electron chi connectivity index (χ2n) is 6.54. The second-order valence-corrected chi connectivity index (χ2v) is 8.22. The van der Waals surface area contributed by atoms with Crippen LogP contribution in [0.15, 0.2) is 47.4 Å². The van der Waals surface area contributed by atoms with Gasteiger partial charge in [-0.3, -0.25) is 9.52 Å². The molecule has 3 rings (SSSR count). The lowest BCUT2D eigenvalue weighted by molar-refractivity contribution is 0.0940. The largest absolute Gasteiger partial charge is 0.348 e. The average Bonchev–Trinajstić information content (AvgIpc) is 3.12. The van der Waals surface area contributed by atoms with Crippen LogP contribution in [0.2, 0.25) is 0 Å². The highest BCUT2D eigenvalue weighted by molar-refractivity contribution is 7.92. The number of nitrogens with one attached hydrogen (secondary N) is 3. The Morgan fingerprint density at radius 1 is 1.11 bits per heavy atom. The molecule has 1 amide bonds. The van der Waals surface area contributed by atoms with Gasteiger partial charge in [0.1, 0.15) is 0 Å². The maximum Gasteiger partial charge on any atom is 0.261 e. The molecule has 3 N–H and O–H groups in total. The molecule has 0 spiro atoms. The van der Waals surface area contributed by atoms with Gasteiger partial charge < -0.3 is 10.6 Å². The Morgan fingerprint density at radius 3 is 2.44 bits per heavy atom. The van der Waals surface area contributed by atoms with Gasteiger partial charge in [0.15, 0.2) is 0 Å². The molecule has 1 heterocycles. The topological polar surface area (TPSA) is 87.3 Å². The zero-order valence-electron chi connectivity index (χ0n) is 15.3. The van der Waals surface area contributed by atoms with Crippen LogP contribution < -0.4 is 15.4 Å². The van der Waals surface area contributed by atoms with Crippen LogP contribution >= 0.6 is 12.4 Å². The normalized spacial score (nSPS) is 16.4. The van der Waals surface area contributed by atoms with Crippen LogP contribution in [0.5, 0.6) is 0 Å². The molecule has 1 atom stereocenters. The van der Waals surface area contributed by atoms with E-state index in [1.54, 1.807) is 6.07 Å². The number of rotatable bonds is 5. The molecule has 2 aromatic rings. The number of anilines is 1. The highest BCUT2D eigenvalue weighted by Gasteiger charge is 2.19. The zero-order chi connectivity index (χ0) is 18.7. The summed E-state index contributed by atoms with van der Waals surface area (Å²) in [6, 6.07) is 11.6. The Hall–Kier alpha value is -2.09. The predicted molar refractivity (Wildman–Crippen MR) is 109 cm³/mol. The first kappa shape index (κ1) is 21.2. The summed E-state index contributed by atoms with van der Waals surface area (Å²) < 4.78 is 27.8. The molecular formula is C19H24ClN3O3S. The van der Waals surface area contributed by atoms with E-state index in [-0.39, 0.29) is 29.3 Å². The summed E-state index contributed by atoms with van der Waals surface area (Å²) in [6.45, 7) is 5.46. The molecule has 0 saturated carbocycles. The van der Waals surface area contributed by atoms with E-state index in [9.17, 15) is 13.2 Å². The van der Waals surface area contributed by atoms with E-state index in [0.29, 0.717) is 11.3 Å². The summed E-state index contributed by atoms with van der Waals surface area (Å²) in [4.78, 5) is 12.4. The van der Waals surface area contributed by atoms with E-state index >= 15 is 0 Å². The SMILES string of the molecule is Cc1cccc(NS(=O)(=O)c2ccc(C(=O)NC3CCNC3)cc2)c1C.Cl. The summed E-state index contributed by atoms with van der Waals surface area (Å²) in [7, 11) is -3.71. The first-order chi connectivity index (χ1) is 12.4. The molecule has 1 fully saturated rings. The highest BCUT2D eigenvalue weighted by Crippen LogP contribution is 2.22. The molecular weight excluding hydrogens is 386 g/mol. The Kier molecular flexibility index (Phi) is 6.86. The standard InChI is InChI=1S/C19H23N3O3S.ClH/c1-13-4-3-5-18(14(13)2)22-26(24,25)17-8-6-15(7-9-17)19(23)21-16-10-11-20-12-16;/h3-9,16,20,22H,10-12H2,1-2H3,(H,21,23);1H. The molecule has 0 aromatic heterocycles. The van der Waals surface area contributed by atoms with Crippen molar-refractivity contribution in [3.63, 3.8) is 0 Å². The maximum atomic E-state index is 12.6. The van der Waals surface area contributed by atoms with Crippen molar-refractivity contribution in [2.75, 3.05) is 17.8 Å². The summed E-state index contributed by atoms with van der Waals surface area (Å²) in [5, 5.41) is 6.13. The van der Waals surface area contributed by atoms with Crippen molar-refractivity contribution in [1.82, 2.24) is 10.6 Å². The van der Waals surface area contributed by atoms with E-state index in [0.717, 1.165) is 30.6 Å². The van der Waals surface area contributed by atoms with Crippen LogP contribution in [-0.4, -0.2) is 33.5 Å². The molecule has 27 heavy (non-hydrogen) atoms. The Labute approximate surface area is 166 Å². The van der Waals surface area contributed by atoms with E-state index in [4.69, 9.17) is 0 Å². The third kappa shape index (κ3) is 5.00. The average molecular weight is 410 g/mol. The Bertz CT molecular complexity index is 908. The summed E-state index contributed by atoms with van der Waals surface area (Å²) in [5.74, 6) is -0.190. The molecule has 8 heteroatoms.